The number of rotatable bonds is 6. The Morgan fingerprint density at radius 2 is 1.78 bits per heavy atom. The van der Waals surface area contributed by atoms with E-state index >= 15 is 0 Å². The molecule has 0 radical (unpaired) electrons. The lowest BCUT2D eigenvalue weighted by atomic mass is 9.90. The van der Waals surface area contributed by atoms with E-state index < -0.39 is 23.8 Å². The number of urea groups is 1. The van der Waals surface area contributed by atoms with Crippen molar-refractivity contribution < 1.29 is 14.4 Å². The van der Waals surface area contributed by atoms with Crippen LogP contribution < -0.4 is 11.5 Å². The summed E-state index contributed by atoms with van der Waals surface area (Å²) < 4.78 is 0. The van der Waals surface area contributed by atoms with Gasteiger partial charge in [-0.15, -0.1) is 24.1 Å². The van der Waals surface area contributed by atoms with Crippen LogP contribution in [0.4, 0.5) is 4.79 Å². The smallest absolute Gasteiger partial charge is 0.333 e. The molecule has 0 aromatic carbocycles. The number of amides is 4. The van der Waals surface area contributed by atoms with Gasteiger partial charge in [-0.2, -0.15) is 5.10 Å². The zero-order valence-corrected chi connectivity index (χ0v) is 16.3. The Morgan fingerprint density at radius 1 is 1.15 bits per heavy atom. The van der Waals surface area contributed by atoms with Crippen molar-refractivity contribution in [3.05, 3.63) is 12.7 Å². The molecular formula is C17H27ClN6O3. The number of hydrogen-bond donors (Lipinski definition) is 2. The van der Waals surface area contributed by atoms with Crippen LogP contribution in [0.1, 0.15) is 45.4 Å². The van der Waals surface area contributed by atoms with Crippen molar-refractivity contribution in [1.82, 2.24) is 9.80 Å². The van der Waals surface area contributed by atoms with Crippen molar-refractivity contribution in [1.29, 1.82) is 0 Å². The summed E-state index contributed by atoms with van der Waals surface area (Å²) in [7, 11) is 0. The average molecular weight is 399 g/mol. The summed E-state index contributed by atoms with van der Waals surface area (Å²) in [5.74, 6) is -2.22. The highest BCUT2D eigenvalue weighted by Gasteiger charge is 2.47. The Hall–Kier alpha value is -2.42. The molecule has 0 spiro atoms. The molecule has 1 aliphatic carbocycles. The predicted octanol–water partition coefficient (Wildman–Crippen LogP) is 1.37. The Morgan fingerprint density at radius 3 is 2.33 bits per heavy atom. The normalized spacial score (nSPS) is 21.7. The van der Waals surface area contributed by atoms with Gasteiger partial charge in [0, 0.05) is 24.7 Å². The van der Waals surface area contributed by atoms with E-state index in [9.17, 15) is 14.4 Å². The summed E-state index contributed by atoms with van der Waals surface area (Å²) in [4.78, 5) is 40.8. The van der Waals surface area contributed by atoms with Gasteiger partial charge < -0.3 is 11.5 Å². The second-order valence-corrected chi connectivity index (χ2v) is 6.64. The fourth-order valence-corrected chi connectivity index (χ4v) is 3.41. The van der Waals surface area contributed by atoms with Gasteiger partial charge in [-0.1, -0.05) is 25.3 Å². The van der Waals surface area contributed by atoms with Crippen molar-refractivity contribution in [3.8, 4) is 0 Å². The number of halogens is 1. The van der Waals surface area contributed by atoms with Crippen molar-refractivity contribution in [2.75, 3.05) is 6.54 Å². The minimum absolute atomic E-state index is 0. The first kappa shape index (κ1) is 22.6. The Kier molecular flexibility index (Phi) is 8.42. The van der Waals surface area contributed by atoms with Gasteiger partial charge in [-0.25, -0.2) is 4.79 Å². The van der Waals surface area contributed by atoms with E-state index in [-0.39, 0.29) is 37.4 Å². The maximum absolute atomic E-state index is 13.0. The second kappa shape index (κ2) is 10.1. The molecule has 1 unspecified atom stereocenters. The van der Waals surface area contributed by atoms with Crippen LogP contribution in [0.5, 0.6) is 0 Å². The third kappa shape index (κ3) is 5.29. The van der Waals surface area contributed by atoms with Crippen molar-refractivity contribution in [2.45, 2.75) is 51.5 Å². The van der Waals surface area contributed by atoms with E-state index in [4.69, 9.17) is 11.5 Å². The number of guanidine groups is 1. The van der Waals surface area contributed by atoms with Crippen LogP contribution in [-0.4, -0.2) is 51.9 Å². The summed E-state index contributed by atoms with van der Waals surface area (Å²) >= 11 is 0. The number of carbonyl (C=O) groups excluding carboxylic acids is 3. The molecule has 0 aromatic heterocycles. The molecule has 1 saturated carbocycles. The molecular weight excluding hydrogens is 372 g/mol. The van der Waals surface area contributed by atoms with Crippen molar-refractivity contribution in [2.24, 2.45) is 27.6 Å². The van der Waals surface area contributed by atoms with Gasteiger partial charge >= 0.3 is 6.03 Å². The predicted molar refractivity (Wildman–Crippen MR) is 105 cm³/mol. The Bertz CT molecular complexity index is 653. The molecule has 2 fully saturated rings. The number of hydrogen-bond acceptors (Lipinski definition) is 5. The molecule has 10 heteroatoms. The highest BCUT2D eigenvalue weighted by Crippen LogP contribution is 2.29. The molecule has 1 saturated heterocycles. The first-order valence-corrected chi connectivity index (χ1v) is 8.78. The molecule has 27 heavy (non-hydrogen) atoms. The second-order valence-electron chi connectivity index (χ2n) is 6.64. The Balaban J connectivity index is 0.00000364. The molecule has 0 bridgehead atoms. The Labute approximate surface area is 164 Å². The molecule has 2 rings (SSSR count). The summed E-state index contributed by atoms with van der Waals surface area (Å²) in [6, 6.07) is -0.719. The van der Waals surface area contributed by atoms with Crippen LogP contribution in [-0.2, 0) is 9.59 Å². The van der Waals surface area contributed by atoms with Crippen molar-refractivity contribution in [3.63, 3.8) is 0 Å². The van der Waals surface area contributed by atoms with E-state index in [2.05, 4.69) is 16.8 Å². The number of imide groups is 2. The average Bonchev–Trinajstić information content (AvgIpc) is 2.61. The minimum Gasteiger partial charge on any atom is -0.369 e. The number of barbiturate groups is 1. The summed E-state index contributed by atoms with van der Waals surface area (Å²) in [6.07, 6.45) is 6.08. The first-order chi connectivity index (χ1) is 12.4. The van der Waals surface area contributed by atoms with Crippen LogP contribution >= 0.6 is 12.4 Å². The molecule has 1 heterocycles. The molecule has 1 aliphatic heterocycles. The summed E-state index contributed by atoms with van der Waals surface area (Å²) in [5.41, 5.74) is 10.9. The van der Waals surface area contributed by atoms with Gasteiger partial charge in [0.05, 0.1) is 0 Å². The standard InChI is InChI=1S/C17H26N6O3.ClH/c1-3-9-22-14(24)13(10-11(2)20-21-16(18)19)15(25)23(17(22)26)12-7-5-4-6-8-12;/h3,12-13H,1,4-10H2,2H3,(H4,18,19,21);1H/b20-11+;. The number of carbonyl (C=O) groups is 3. The quantitative estimate of drug-likeness (QED) is 0.229. The zero-order chi connectivity index (χ0) is 19.3. The molecule has 0 aromatic rings. The van der Waals surface area contributed by atoms with E-state index in [1.54, 1.807) is 6.92 Å². The van der Waals surface area contributed by atoms with Crippen LogP contribution in [0.2, 0.25) is 0 Å². The van der Waals surface area contributed by atoms with E-state index in [0.717, 1.165) is 37.0 Å². The zero-order valence-electron chi connectivity index (χ0n) is 15.5. The third-order valence-corrected chi connectivity index (χ3v) is 4.62. The van der Waals surface area contributed by atoms with Gasteiger partial charge in [0.25, 0.3) is 0 Å². The largest absolute Gasteiger partial charge is 0.369 e. The lowest BCUT2D eigenvalue weighted by Gasteiger charge is -2.41. The molecule has 2 aliphatic rings. The molecule has 9 nitrogen and oxygen atoms in total. The summed E-state index contributed by atoms with van der Waals surface area (Å²) in [5, 5.41) is 7.37. The third-order valence-electron chi connectivity index (χ3n) is 4.62. The topological polar surface area (TPSA) is 134 Å². The van der Waals surface area contributed by atoms with E-state index in [1.807, 2.05) is 0 Å². The van der Waals surface area contributed by atoms with Gasteiger partial charge in [-0.3, -0.25) is 19.4 Å². The minimum atomic E-state index is -1.01. The van der Waals surface area contributed by atoms with Gasteiger partial charge in [0.2, 0.25) is 17.8 Å². The summed E-state index contributed by atoms with van der Waals surface area (Å²) in [6.45, 7) is 5.29. The maximum Gasteiger partial charge on any atom is 0.333 e. The van der Waals surface area contributed by atoms with Gasteiger partial charge in [0.1, 0.15) is 5.92 Å². The van der Waals surface area contributed by atoms with Crippen LogP contribution in [0.25, 0.3) is 0 Å². The number of nitrogens with two attached hydrogens (primary N) is 2. The first-order valence-electron chi connectivity index (χ1n) is 8.78. The van der Waals surface area contributed by atoms with Crippen LogP contribution in [0, 0.1) is 5.92 Å². The lowest BCUT2D eigenvalue weighted by molar-refractivity contribution is -0.150. The number of nitrogens with zero attached hydrogens (tertiary/aromatic N) is 4. The molecule has 4 N–H and O–H groups in total. The lowest BCUT2D eigenvalue weighted by Crippen LogP contribution is -2.62. The van der Waals surface area contributed by atoms with Gasteiger partial charge in [-0.05, 0) is 19.8 Å². The highest BCUT2D eigenvalue weighted by atomic mass is 35.5. The van der Waals surface area contributed by atoms with E-state index in [0.29, 0.717) is 5.71 Å². The van der Waals surface area contributed by atoms with E-state index in [1.165, 1.54) is 11.0 Å². The van der Waals surface area contributed by atoms with Gasteiger partial charge in [0.15, 0.2) is 0 Å². The maximum atomic E-state index is 13.0. The monoisotopic (exact) mass is 398 g/mol. The SMILES string of the molecule is C=CCN1C(=O)C(C/C(C)=N/N=C(N)N)C(=O)N(C2CCCCC2)C1=O.Cl. The van der Waals surface area contributed by atoms with Crippen molar-refractivity contribution >= 4 is 41.9 Å². The molecule has 150 valence electrons. The molecule has 1 atom stereocenters. The van der Waals surface area contributed by atoms with Crippen LogP contribution in [0.3, 0.4) is 0 Å². The fourth-order valence-electron chi connectivity index (χ4n) is 3.41. The highest BCUT2D eigenvalue weighted by molar-refractivity contribution is 6.17. The van der Waals surface area contributed by atoms with Crippen LogP contribution in [0.15, 0.2) is 22.9 Å². The molecule has 4 amide bonds. The fraction of sp³-hybridized carbons (Fsp3) is 0.588.